The molecule has 0 bridgehead atoms. The second-order valence-corrected chi connectivity index (χ2v) is 14.5. The molecule has 0 aromatic heterocycles. The number of fused-ring (bicyclic) bond motifs is 1. The molecule has 0 heterocycles. The third kappa shape index (κ3) is 4.06. The van der Waals surface area contributed by atoms with E-state index < -0.39 is 13.9 Å². The van der Waals surface area contributed by atoms with Crippen molar-refractivity contribution in [3.8, 4) is 0 Å². The lowest BCUT2D eigenvalue weighted by molar-refractivity contribution is -0.0227. The monoisotopic (exact) mass is 382 g/mol. The van der Waals surface area contributed by atoms with Gasteiger partial charge in [0.1, 0.15) is 0 Å². The van der Waals surface area contributed by atoms with Crippen LogP contribution < -0.4 is 0 Å². The Kier molecular flexibility index (Phi) is 5.41. The summed E-state index contributed by atoms with van der Waals surface area (Å²) in [5, 5.41) is 11.9. The van der Waals surface area contributed by atoms with Crippen LogP contribution in [0, 0.1) is 6.92 Å². The van der Waals surface area contributed by atoms with Crippen molar-refractivity contribution in [2.24, 2.45) is 0 Å². The Morgan fingerprint density at radius 3 is 2.37 bits per heavy atom. The van der Waals surface area contributed by atoms with Crippen molar-refractivity contribution in [3.63, 3.8) is 0 Å². The number of aryl methyl sites for hydroxylation is 1. The first-order valence-electron chi connectivity index (χ1n) is 10.0. The first-order valence-corrected chi connectivity index (χ1v) is 12.9. The maximum atomic E-state index is 11.8. The van der Waals surface area contributed by atoms with E-state index in [9.17, 15) is 5.11 Å². The highest BCUT2D eigenvalue weighted by Crippen LogP contribution is 2.45. The van der Waals surface area contributed by atoms with Gasteiger partial charge in [-0.05, 0) is 53.7 Å². The molecule has 3 rings (SSSR count). The predicted molar refractivity (Wildman–Crippen MR) is 116 cm³/mol. The average Bonchev–Trinajstić information content (AvgIpc) is 2.87. The van der Waals surface area contributed by atoms with Gasteiger partial charge in [0, 0.05) is 12.3 Å². The zero-order valence-electron chi connectivity index (χ0n) is 17.7. The summed E-state index contributed by atoms with van der Waals surface area (Å²) in [5.74, 6) is 0.0690. The van der Waals surface area contributed by atoms with Crippen LogP contribution in [-0.2, 0) is 17.3 Å². The number of benzene rings is 2. The number of hydrogen-bond donors (Lipinski definition) is 1. The van der Waals surface area contributed by atoms with Crippen LogP contribution in [0.2, 0.25) is 18.1 Å². The Morgan fingerprint density at radius 2 is 1.70 bits per heavy atom. The summed E-state index contributed by atoms with van der Waals surface area (Å²) in [5.41, 5.74) is 4.29. The molecule has 27 heavy (non-hydrogen) atoms. The van der Waals surface area contributed by atoms with E-state index in [2.05, 4.69) is 89.3 Å². The predicted octanol–water partition coefficient (Wildman–Crippen LogP) is 5.63. The zero-order chi connectivity index (χ0) is 19.9. The highest BCUT2D eigenvalue weighted by molar-refractivity contribution is 6.74. The molecule has 0 amide bonds. The maximum Gasteiger partial charge on any atom is 0.192 e. The summed E-state index contributed by atoms with van der Waals surface area (Å²) in [4.78, 5) is 0. The minimum absolute atomic E-state index is 0.0690. The molecule has 3 heteroatoms. The van der Waals surface area contributed by atoms with Crippen LogP contribution in [0.25, 0.3) is 0 Å². The van der Waals surface area contributed by atoms with Gasteiger partial charge in [-0.1, -0.05) is 69.3 Å². The third-order valence-electron chi connectivity index (χ3n) is 6.75. The Bertz CT molecular complexity index is 806. The molecule has 2 atom stereocenters. The van der Waals surface area contributed by atoms with E-state index in [1.807, 2.05) is 0 Å². The normalized spacial score (nSPS) is 22.7. The van der Waals surface area contributed by atoms with Crippen LogP contribution in [0.1, 0.15) is 48.9 Å². The minimum atomic E-state index is -1.92. The molecule has 146 valence electrons. The topological polar surface area (TPSA) is 29.5 Å². The molecule has 1 N–H and O–H groups in total. The molecule has 0 spiro atoms. The Labute approximate surface area is 165 Å². The highest BCUT2D eigenvalue weighted by atomic mass is 28.4. The van der Waals surface area contributed by atoms with Crippen molar-refractivity contribution in [1.82, 2.24) is 0 Å². The van der Waals surface area contributed by atoms with Crippen LogP contribution in [0.15, 0.2) is 48.5 Å². The molecular formula is C24H34O2Si. The van der Waals surface area contributed by atoms with Crippen molar-refractivity contribution in [2.45, 2.75) is 70.2 Å². The first-order chi connectivity index (χ1) is 12.5. The first kappa shape index (κ1) is 20.3. The Hall–Kier alpha value is -1.42. The molecule has 2 nitrogen and oxygen atoms in total. The van der Waals surface area contributed by atoms with Crippen molar-refractivity contribution in [1.29, 1.82) is 0 Å². The van der Waals surface area contributed by atoms with Gasteiger partial charge in [-0.2, -0.15) is 0 Å². The molecule has 0 saturated heterocycles. The van der Waals surface area contributed by atoms with Crippen LogP contribution in [0.5, 0.6) is 0 Å². The number of hydrogen-bond acceptors (Lipinski definition) is 2. The summed E-state index contributed by atoms with van der Waals surface area (Å²) in [6.07, 6.45) is 1.52. The summed E-state index contributed by atoms with van der Waals surface area (Å²) in [7, 11) is -1.92. The second kappa shape index (κ2) is 7.19. The standard InChI is InChI=1S/C24H34O2Si/c1-18-11-7-8-12-19(18)15-22-21-14-10-9-13-20(21)16-24(22,25)17-26-27(5,6)23(2,3)4/h7-14,22,25H,15-17H2,1-6H3/t22-,24+/m0/s1. The van der Waals surface area contributed by atoms with Gasteiger partial charge in [0.25, 0.3) is 0 Å². The maximum absolute atomic E-state index is 11.8. The summed E-state index contributed by atoms with van der Waals surface area (Å²) >= 11 is 0. The van der Waals surface area contributed by atoms with Gasteiger partial charge in [-0.25, -0.2) is 0 Å². The molecule has 1 aliphatic carbocycles. The molecule has 0 unspecified atom stereocenters. The van der Waals surface area contributed by atoms with Crippen molar-refractivity contribution < 1.29 is 9.53 Å². The molecule has 0 radical (unpaired) electrons. The summed E-state index contributed by atoms with van der Waals surface area (Å²) in [6, 6.07) is 17.0. The van der Waals surface area contributed by atoms with E-state index in [1.54, 1.807) is 0 Å². The molecule has 0 saturated carbocycles. The van der Waals surface area contributed by atoms with Gasteiger partial charge in [0.15, 0.2) is 8.32 Å². The van der Waals surface area contributed by atoms with E-state index in [1.165, 1.54) is 22.3 Å². The van der Waals surface area contributed by atoms with Crippen molar-refractivity contribution in [3.05, 3.63) is 70.8 Å². The molecular weight excluding hydrogens is 348 g/mol. The lowest BCUT2D eigenvalue weighted by Crippen LogP contribution is -2.48. The van der Waals surface area contributed by atoms with Gasteiger partial charge in [-0.15, -0.1) is 0 Å². The number of aliphatic hydroxyl groups is 1. The van der Waals surface area contributed by atoms with E-state index >= 15 is 0 Å². The fourth-order valence-electron chi connectivity index (χ4n) is 3.81. The van der Waals surface area contributed by atoms with E-state index in [4.69, 9.17) is 4.43 Å². The van der Waals surface area contributed by atoms with Crippen LogP contribution in [0.4, 0.5) is 0 Å². The van der Waals surface area contributed by atoms with Crippen LogP contribution >= 0.6 is 0 Å². The Balaban J connectivity index is 1.90. The molecule has 1 aliphatic rings. The minimum Gasteiger partial charge on any atom is -0.414 e. The fraction of sp³-hybridized carbons (Fsp3) is 0.500. The lowest BCUT2D eigenvalue weighted by Gasteiger charge is -2.40. The largest absolute Gasteiger partial charge is 0.414 e. The van der Waals surface area contributed by atoms with E-state index in [0.717, 1.165) is 6.42 Å². The van der Waals surface area contributed by atoms with Gasteiger partial charge < -0.3 is 9.53 Å². The van der Waals surface area contributed by atoms with Gasteiger partial charge in [0.05, 0.1) is 12.2 Å². The molecule has 0 fully saturated rings. The number of rotatable bonds is 5. The van der Waals surface area contributed by atoms with Gasteiger partial charge in [-0.3, -0.25) is 0 Å². The molecule has 0 aliphatic heterocycles. The SMILES string of the molecule is Cc1ccccc1C[C@H]1c2ccccc2C[C@@]1(O)CO[Si](C)(C)C(C)(C)C. The summed E-state index contributed by atoms with van der Waals surface area (Å²) in [6.45, 7) is 13.8. The van der Waals surface area contributed by atoms with Crippen LogP contribution in [0.3, 0.4) is 0 Å². The van der Waals surface area contributed by atoms with E-state index in [0.29, 0.717) is 13.0 Å². The van der Waals surface area contributed by atoms with E-state index in [-0.39, 0.29) is 11.0 Å². The quantitative estimate of drug-likeness (QED) is 0.679. The highest BCUT2D eigenvalue weighted by Gasteiger charge is 2.47. The van der Waals surface area contributed by atoms with Crippen LogP contribution in [-0.4, -0.2) is 25.6 Å². The second-order valence-electron chi connectivity index (χ2n) is 9.71. The fourth-order valence-corrected chi connectivity index (χ4v) is 4.85. The zero-order valence-corrected chi connectivity index (χ0v) is 18.7. The summed E-state index contributed by atoms with van der Waals surface area (Å²) < 4.78 is 6.50. The van der Waals surface area contributed by atoms with Crippen molar-refractivity contribution >= 4 is 8.32 Å². The van der Waals surface area contributed by atoms with Gasteiger partial charge >= 0.3 is 0 Å². The van der Waals surface area contributed by atoms with Crippen molar-refractivity contribution in [2.75, 3.05) is 6.61 Å². The molecule has 2 aromatic rings. The van der Waals surface area contributed by atoms with Gasteiger partial charge in [0.2, 0.25) is 0 Å². The lowest BCUT2D eigenvalue weighted by atomic mass is 9.83. The average molecular weight is 383 g/mol. The smallest absolute Gasteiger partial charge is 0.192 e. The molecule has 2 aromatic carbocycles. The third-order valence-corrected chi connectivity index (χ3v) is 11.2. The Morgan fingerprint density at radius 1 is 1.07 bits per heavy atom.